The predicted molar refractivity (Wildman–Crippen MR) is 103 cm³/mol. The Hall–Kier alpha value is -2.99. The normalized spacial score (nSPS) is 13.1. The Kier molecular flexibility index (Phi) is 4.98. The SMILES string of the molecule is O=C(Nc1ccnn1Cc1ccc(Cl)cc1)c1ccc2c(c1)OCCCO2. The fraction of sp³-hybridized carbons (Fsp3) is 0.200. The van der Waals surface area contributed by atoms with Crippen LogP contribution in [0.3, 0.4) is 0 Å². The molecule has 1 aromatic heterocycles. The first kappa shape index (κ1) is 17.4. The van der Waals surface area contributed by atoms with Crippen molar-refractivity contribution in [3.8, 4) is 11.5 Å². The second-order valence-corrected chi connectivity index (χ2v) is 6.60. The molecule has 0 unspecified atom stereocenters. The Bertz CT molecular complexity index is 953. The van der Waals surface area contributed by atoms with Crippen LogP contribution in [0.15, 0.2) is 54.7 Å². The van der Waals surface area contributed by atoms with Crippen molar-refractivity contribution < 1.29 is 14.3 Å². The number of nitrogens with one attached hydrogen (secondary N) is 1. The van der Waals surface area contributed by atoms with E-state index in [1.165, 1.54) is 0 Å². The highest BCUT2D eigenvalue weighted by Gasteiger charge is 2.15. The number of rotatable bonds is 4. The summed E-state index contributed by atoms with van der Waals surface area (Å²) in [7, 11) is 0. The average Bonchev–Trinajstić information content (AvgIpc) is 2.96. The summed E-state index contributed by atoms with van der Waals surface area (Å²) in [5.74, 6) is 1.64. The molecule has 0 atom stereocenters. The van der Waals surface area contributed by atoms with E-state index in [-0.39, 0.29) is 5.91 Å². The van der Waals surface area contributed by atoms with Gasteiger partial charge in [-0.2, -0.15) is 5.10 Å². The molecule has 0 saturated carbocycles. The Labute approximate surface area is 161 Å². The van der Waals surface area contributed by atoms with Gasteiger partial charge in [0.05, 0.1) is 26.0 Å². The number of ether oxygens (including phenoxy) is 2. The minimum atomic E-state index is -0.233. The highest BCUT2D eigenvalue weighted by atomic mass is 35.5. The van der Waals surface area contributed by atoms with Gasteiger partial charge >= 0.3 is 0 Å². The van der Waals surface area contributed by atoms with Gasteiger partial charge < -0.3 is 14.8 Å². The third-order valence-corrected chi connectivity index (χ3v) is 4.47. The molecule has 2 heterocycles. The van der Waals surface area contributed by atoms with E-state index in [2.05, 4.69) is 10.4 Å². The summed E-state index contributed by atoms with van der Waals surface area (Å²) in [5, 5.41) is 7.87. The molecular formula is C20H18ClN3O3. The number of fused-ring (bicyclic) bond motifs is 1. The van der Waals surface area contributed by atoms with E-state index in [9.17, 15) is 4.79 Å². The third kappa shape index (κ3) is 4.06. The molecule has 138 valence electrons. The smallest absolute Gasteiger partial charge is 0.256 e. The largest absolute Gasteiger partial charge is 0.490 e. The monoisotopic (exact) mass is 383 g/mol. The fourth-order valence-corrected chi connectivity index (χ4v) is 2.95. The fourth-order valence-electron chi connectivity index (χ4n) is 2.82. The third-order valence-electron chi connectivity index (χ3n) is 4.21. The van der Waals surface area contributed by atoms with E-state index in [1.807, 2.05) is 24.3 Å². The summed E-state index contributed by atoms with van der Waals surface area (Å²) < 4.78 is 13.0. The Morgan fingerprint density at radius 3 is 2.67 bits per heavy atom. The molecule has 0 saturated heterocycles. The summed E-state index contributed by atoms with van der Waals surface area (Å²) >= 11 is 5.92. The second kappa shape index (κ2) is 7.72. The van der Waals surface area contributed by atoms with Crippen LogP contribution in [-0.2, 0) is 6.54 Å². The number of carbonyl (C=O) groups excluding carboxylic acids is 1. The first-order chi connectivity index (χ1) is 13.2. The van der Waals surface area contributed by atoms with Gasteiger partial charge in [-0.15, -0.1) is 0 Å². The molecule has 7 heteroatoms. The Morgan fingerprint density at radius 1 is 1.07 bits per heavy atom. The van der Waals surface area contributed by atoms with Crippen molar-refractivity contribution in [2.45, 2.75) is 13.0 Å². The molecule has 0 radical (unpaired) electrons. The summed E-state index contributed by atoms with van der Waals surface area (Å²) in [6, 6.07) is 14.5. The van der Waals surface area contributed by atoms with E-state index >= 15 is 0 Å². The van der Waals surface area contributed by atoms with E-state index in [4.69, 9.17) is 21.1 Å². The van der Waals surface area contributed by atoms with E-state index in [0.29, 0.717) is 47.7 Å². The average molecular weight is 384 g/mol. The van der Waals surface area contributed by atoms with E-state index < -0.39 is 0 Å². The molecule has 2 aromatic carbocycles. The van der Waals surface area contributed by atoms with E-state index in [1.54, 1.807) is 35.1 Å². The maximum Gasteiger partial charge on any atom is 0.256 e. The lowest BCUT2D eigenvalue weighted by molar-refractivity contribution is 0.102. The topological polar surface area (TPSA) is 65.4 Å². The lowest BCUT2D eigenvalue weighted by atomic mass is 10.2. The lowest BCUT2D eigenvalue weighted by Gasteiger charge is -2.11. The molecule has 1 aliphatic heterocycles. The van der Waals surface area contributed by atoms with Crippen molar-refractivity contribution in [3.63, 3.8) is 0 Å². The number of carbonyl (C=O) groups is 1. The molecule has 3 aromatic rings. The molecule has 0 bridgehead atoms. The maximum atomic E-state index is 12.7. The van der Waals surface area contributed by atoms with Gasteiger partial charge in [-0.25, -0.2) is 4.68 Å². The van der Waals surface area contributed by atoms with Crippen LogP contribution in [0.5, 0.6) is 11.5 Å². The molecule has 0 aliphatic carbocycles. The van der Waals surface area contributed by atoms with Crippen molar-refractivity contribution in [1.82, 2.24) is 9.78 Å². The zero-order valence-electron chi connectivity index (χ0n) is 14.5. The highest BCUT2D eigenvalue weighted by molar-refractivity contribution is 6.30. The van der Waals surface area contributed by atoms with Gasteiger partial charge in [0, 0.05) is 23.1 Å². The van der Waals surface area contributed by atoms with Gasteiger partial charge in [0.2, 0.25) is 0 Å². The Morgan fingerprint density at radius 2 is 1.85 bits per heavy atom. The zero-order valence-corrected chi connectivity index (χ0v) is 15.3. The number of aromatic nitrogens is 2. The highest BCUT2D eigenvalue weighted by Crippen LogP contribution is 2.30. The molecule has 0 spiro atoms. The van der Waals surface area contributed by atoms with Crippen LogP contribution >= 0.6 is 11.6 Å². The van der Waals surface area contributed by atoms with Gasteiger partial charge in [0.25, 0.3) is 5.91 Å². The van der Waals surface area contributed by atoms with Crippen molar-refractivity contribution in [3.05, 3.63) is 70.9 Å². The maximum absolute atomic E-state index is 12.7. The van der Waals surface area contributed by atoms with Crippen molar-refractivity contribution >= 4 is 23.3 Å². The first-order valence-electron chi connectivity index (χ1n) is 8.66. The standard InChI is InChI=1S/C20H18ClN3O3/c21-16-5-2-14(3-6-16)13-24-19(8-9-22-24)23-20(25)15-4-7-17-18(12-15)27-11-1-10-26-17/h2-9,12H,1,10-11,13H2,(H,23,25). The molecule has 1 amide bonds. The molecule has 4 rings (SSSR count). The van der Waals surface area contributed by atoms with Gasteiger partial charge in [-0.1, -0.05) is 23.7 Å². The number of nitrogens with zero attached hydrogens (tertiary/aromatic N) is 2. The molecule has 6 nitrogen and oxygen atoms in total. The number of halogens is 1. The van der Waals surface area contributed by atoms with Gasteiger partial charge in [-0.05, 0) is 35.9 Å². The molecular weight excluding hydrogens is 366 g/mol. The van der Waals surface area contributed by atoms with Crippen LogP contribution in [0.1, 0.15) is 22.3 Å². The van der Waals surface area contributed by atoms with Gasteiger partial charge in [-0.3, -0.25) is 4.79 Å². The van der Waals surface area contributed by atoms with Gasteiger partial charge in [0.15, 0.2) is 11.5 Å². The van der Waals surface area contributed by atoms with Crippen LogP contribution < -0.4 is 14.8 Å². The number of amides is 1. The molecule has 0 fully saturated rings. The van der Waals surface area contributed by atoms with Crippen molar-refractivity contribution in [2.24, 2.45) is 0 Å². The first-order valence-corrected chi connectivity index (χ1v) is 9.04. The van der Waals surface area contributed by atoms with E-state index in [0.717, 1.165) is 12.0 Å². The number of anilines is 1. The quantitative estimate of drug-likeness (QED) is 0.739. The van der Waals surface area contributed by atoms with Crippen molar-refractivity contribution in [1.29, 1.82) is 0 Å². The number of benzene rings is 2. The van der Waals surface area contributed by atoms with Crippen LogP contribution in [0, 0.1) is 0 Å². The van der Waals surface area contributed by atoms with Gasteiger partial charge in [0.1, 0.15) is 5.82 Å². The minimum Gasteiger partial charge on any atom is -0.490 e. The molecule has 1 N–H and O–H groups in total. The lowest BCUT2D eigenvalue weighted by Crippen LogP contribution is -2.16. The zero-order chi connectivity index (χ0) is 18.6. The predicted octanol–water partition coefficient (Wildman–Crippen LogP) is 4.00. The summed E-state index contributed by atoms with van der Waals surface area (Å²) in [6.07, 6.45) is 2.47. The van der Waals surface area contributed by atoms with Crippen molar-refractivity contribution in [2.75, 3.05) is 18.5 Å². The number of hydrogen-bond donors (Lipinski definition) is 1. The summed E-state index contributed by atoms with van der Waals surface area (Å²) in [6.45, 7) is 1.72. The van der Waals surface area contributed by atoms with Crippen LogP contribution in [0.25, 0.3) is 0 Å². The Balaban J connectivity index is 1.50. The second-order valence-electron chi connectivity index (χ2n) is 6.17. The minimum absolute atomic E-state index is 0.233. The van der Waals surface area contributed by atoms with Crippen LogP contribution in [0.4, 0.5) is 5.82 Å². The van der Waals surface area contributed by atoms with Crippen LogP contribution in [-0.4, -0.2) is 28.9 Å². The molecule has 27 heavy (non-hydrogen) atoms. The summed E-state index contributed by atoms with van der Waals surface area (Å²) in [4.78, 5) is 12.7. The molecule has 1 aliphatic rings. The number of hydrogen-bond acceptors (Lipinski definition) is 4. The summed E-state index contributed by atoms with van der Waals surface area (Å²) in [5.41, 5.74) is 1.53. The van der Waals surface area contributed by atoms with Crippen LogP contribution in [0.2, 0.25) is 5.02 Å².